The fourth-order valence-corrected chi connectivity index (χ4v) is 2.89. The van der Waals surface area contributed by atoms with E-state index in [9.17, 15) is 10.1 Å². The van der Waals surface area contributed by atoms with Crippen LogP contribution in [-0.4, -0.2) is 16.9 Å². The molecule has 0 atom stereocenters. The summed E-state index contributed by atoms with van der Waals surface area (Å²) < 4.78 is 11.6. The Labute approximate surface area is 159 Å². The third kappa shape index (κ3) is 4.52. The van der Waals surface area contributed by atoms with E-state index in [-0.39, 0.29) is 5.69 Å². The zero-order valence-corrected chi connectivity index (χ0v) is 15.6. The zero-order chi connectivity index (χ0) is 18.4. The highest BCUT2D eigenvalue weighted by molar-refractivity contribution is 9.09. The zero-order valence-electron chi connectivity index (χ0n) is 14.1. The van der Waals surface area contributed by atoms with Crippen molar-refractivity contribution in [3.8, 4) is 28.4 Å². The molecule has 26 heavy (non-hydrogen) atoms. The maximum absolute atomic E-state index is 10.7. The minimum atomic E-state index is -0.416. The lowest BCUT2D eigenvalue weighted by molar-refractivity contribution is -0.384. The van der Waals surface area contributed by atoms with Crippen molar-refractivity contribution in [3.05, 3.63) is 70.8 Å². The first-order valence-corrected chi connectivity index (χ1v) is 9.43. The molecule has 1 heterocycles. The van der Waals surface area contributed by atoms with Gasteiger partial charge in [0.2, 0.25) is 0 Å². The molecular weight excluding hydrogens is 398 g/mol. The predicted molar refractivity (Wildman–Crippen MR) is 105 cm³/mol. The van der Waals surface area contributed by atoms with Crippen LogP contribution in [0.15, 0.2) is 65.1 Å². The topological polar surface area (TPSA) is 65.5 Å². The number of unbranched alkanes of at least 4 members (excludes halogenated alkanes) is 1. The van der Waals surface area contributed by atoms with Crippen molar-refractivity contribution in [3.63, 3.8) is 0 Å². The average molecular weight is 416 g/mol. The van der Waals surface area contributed by atoms with Crippen LogP contribution in [0.3, 0.4) is 0 Å². The van der Waals surface area contributed by atoms with Crippen LogP contribution < -0.4 is 4.74 Å². The van der Waals surface area contributed by atoms with E-state index in [4.69, 9.17) is 9.15 Å². The van der Waals surface area contributed by atoms with E-state index in [0.29, 0.717) is 12.4 Å². The van der Waals surface area contributed by atoms with Gasteiger partial charge in [-0.3, -0.25) is 10.1 Å². The summed E-state index contributed by atoms with van der Waals surface area (Å²) in [4.78, 5) is 10.3. The van der Waals surface area contributed by atoms with Crippen LogP contribution in [0.1, 0.15) is 12.8 Å². The van der Waals surface area contributed by atoms with E-state index in [1.165, 1.54) is 12.1 Å². The van der Waals surface area contributed by atoms with Gasteiger partial charge < -0.3 is 9.15 Å². The van der Waals surface area contributed by atoms with E-state index in [0.717, 1.165) is 40.8 Å². The van der Waals surface area contributed by atoms with E-state index in [1.54, 1.807) is 12.1 Å². The van der Waals surface area contributed by atoms with Crippen LogP contribution in [0.2, 0.25) is 0 Å². The molecule has 0 radical (unpaired) electrons. The van der Waals surface area contributed by atoms with E-state index >= 15 is 0 Å². The fourth-order valence-electron chi connectivity index (χ4n) is 2.50. The molecule has 0 saturated carbocycles. The second-order valence-electron chi connectivity index (χ2n) is 5.74. The predicted octanol–water partition coefficient (Wildman–Crippen LogP) is 6.08. The van der Waals surface area contributed by atoms with Gasteiger partial charge >= 0.3 is 0 Å². The van der Waals surface area contributed by atoms with Crippen molar-refractivity contribution < 1.29 is 14.1 Å². The van der Waals surface area contributed by atoms with Crippen molar-refractivity contribution in [2.45, 2.75) is 12.8 Å². The smallest absolute Gasteiger partial charge is 0.269 e. The summed E-state index contributed by atoms with van der Waals surface area (Å²) in [6.45, 7) is 0.704. The molecule has 0 saturated heterocycles. The molecule has 0 aliphatic heterocycles. The normalized spacial score (nSPS) is 10.7. The van der Waals surface area contributed by atoms with Gasteiger partial charge in [-0.05, 0) is 61.4 Å². The molecule has 5 nitrogen and oxygen atoms in total. The third-order valence-corrected chi connectivity index (χ3v) is 4.46. The van der Waals surface area contributed by atoms with E-state index in [1.807, 2.05) is 36.4 Å². The van der Waals surface area contributed by atoms with Gasteiger partial charge in [0, 0.05) is 28.6 Å². The number of furan rings is 1. The molecule has 0 spiro atoms. The van der Waals surface area contributed by atoms with Gasteiger partial charge in [-0.15, -0.1) is 0 Å². The van der Waals surface area contributed by atoms with Gasteiger partial charge in [0.15, 0.2) is 0 Å². The summed E-state index contributed by atoms with van der Waals surface area (Å²) >= 11 is 3.40. The first kappa shape index (κ1) is 18.2. The van der Waals surface area contributed by atoms with Crippen molar-refractivity contribution in [1.82, 2.24) is 0 Å². The molecule has 134 valence electrons. The highest BCUT2D eigenvalue weighted by Crippen LogP contribution is 2.30. The van der Waals surface area contributed by atoms with Gasteiger partial charge in [-0.1, -0.05) is 15.9 Å². The van der Waals surface area contributed by atoms with Gasteiger partial charge in [0.25, 0.3) is 5.69 Å². The number of halogens is 1. The van der Waals surface area contributed by atoms with Gasteiger partial charge in [-0.25, -0.2) is 0 Å². The molecule has 3 aromatic rings. The summed E-state index contributed by atoms with van der Waals surface area (Å²) in [6, 6.07) is 17.8. The molecule has 2 aromatic carbocycles. The van der Waals surface area contributed by atoms with Crippen molar-refractivity contribution in [1.29, 1.82) is 0 Å². The first-order chi connectivity index (χ1) is 12.7. The molecule has 0 aliphatic carbocycles. The molecule has 0 bridgehead atoms. The van der Waals surface area contributed by atoms with Gasteiger partial charge in [0.05, 0.1) is 11.5 Å². The number of hydrogen-bond acceptors (Lipinski definition) is 4. The standard InChI is InChI=1S/C20H18BrNO4/c21-13-1-2-14-25-18-9-5-16(6-10-18)20-12-11-19(26-20)15-3-7-17(8-4-15)22(23)24/h3-12H,1-2,13-14H2. The van der Waals surface area contributed by atoms with Crippen molar-refractivity contribution in [2.75, 3.05) is 11.9 Å². The van der Waals surface area contributed by atoms with Crippen LogP contribution in [0.4, 0.5) is 5.69 Å². The Hall–Kier alpha value is -2.60. The maximum atomic E-state index is 10.7. The second kappa shape index (κ2) is 8.67. The Morgan fingerprint density at radius 2 is 1.46 bits per heavy atom. The van der Waals surface area contributed by atoms with E-state index in [2.05, 4.69) is 15.9 Å². The lowest BCUT2D eigenvalue weighted by atomic mass is 10.1. The van der Waals surface area contributed by atoms with Crippen molar-refractivity contribution in [2.24, 2.45) is 0 Å². The lowest BCUT2D eigenvalue weighted by Crippen LogP contribution is -1.97. The molecule has 0 fully saturated rings. The van der Waals surface area contributed by atoms with Gasteiger partial charge in [-0.2, -0.15) is 0 Å². The Kier molecular flexibility index (Phi) is 6.07. The Morgan fingerprint density at radius 3 is 2.00 bits per heavy atom. The quantitative estimate of drug-likeness (QED) is 0.193. The van der Waals surface area contributed by atoms with Crippen molar-refractivity contribution >= 4 is 21.6 Å². The number of non-ortho nitro benzene ring substituents is 1. The van der Waals surface area contributed by atoms with Crippen LogP contribution in [0.5, 0.6) is 5.75 Å². The molecule has 1 aromatic heterocycles. The number of alkyl halides is 1. The Bertz CT molecular complexity index is 856. The molecule has 0 amide bonds. The highest BCUT2D eigenvalue weighted by atomic mass is 79.9. The van der Waals surface area contributed by atoms with Crippen LogP contribution >= 0.6 is 15.9 Å². The summed E-state index contributed by atoms with van der Waals surface area (Å²) in [7, 11) is 0. The summed E-state index contributed by atoms with van der Waals surface area (Å²) in [5.41, 5.74) is 1.81. The number of nitro benzene ring substituents is 1. The molecular formula is C20H18BrNO4. The second-order valence-corrected chi connectivity index (χ2v) is 6.53. The largest absolute Gasteiger partial charge is 0.494 e. The van der Waals surface area contributed by atoms with Crippen LogP contribution in [0.25, 0.3) is 22.6 Å². The minimum Gasteiger partial charge on any atom is -0.494 e. The van der Waals surface area contributed by atoms with Crippen LogP contribution in [0, 0.1) is 10.1 Å². The van der Waals surface area contributed by atoms with Crippen LogP contribution in [-0.2, 0) is 0 Å². The number of nitro groups is 1. The molecule has 0 unspecified atom stereocenters. The number of nitrogens with zero attached hydrogens (tertiary/aromatic N) is 1. The summed E-state index contributed by atoms with van der Waals surface area (Å²) in [5, 5.41) is 11.7. The SMILES string of the molecule is O=[N+]([O-])c1ccc(-c2ccc(-c3ccc(OCCCCBr)cc3)o2)cc1. The summed E-state index contributed by atoms with van der Waals surface area (Å²) in [6.07, 6.45) is 2.11. The number of rotatable bonds is 8. The van der Waals surface area contributed by atoms with E-state index < -0.39 is 4.92 Å². The molecule has 3 rings (SSSR count). The molecule has 6 heteroatoms. The minimum absolute atomic E-state index is 0.0623. The number of hydrogen-bond donors (Lipinski definition) is 0. The number of benzene rings is 2. The van der Waals surface area contributed by atoms with Gasteiger partial charge in [0.1, 0.15) is 17.3 Å². The lowest BCUT2D eigenvalue weighted by Gasteiger charge is -2.06. The molecule has 0 aliphatic rings. The fraction of sp³-hybridized carbons (Fsp3) is 0.200. The highest BCUT2D eigenvalue weighted by Gasteiger charge is 2.09. The average Bonchev–Trinajstić information content (AvgIpc) is 3.16. The first-order valence-electron chi connectivity index (χ1n) is 8.31. The molecule has 0 N–H and O–H groups in total. The maximum Gasteiger partial charge on any atom is 0.269 e. The Balaban J connectivity index is 1.68. The summed E-state index contributed by atoms with van der Waals surface area (Å²) in [5.74, 6) is 2.25. The monoisotopic (exact) mass is 415 g/mol. The number of ether oxygens (including phenoxy) is 1. The third-order valence-electron chi connectivity index (χ3n) is 3.90. The Morgan fingerprint density at radius 1 is 0.885 bits per heavy atom.